The number of methoxy groups -OCH3 is 1. The highest BCUT2D eigenvalue weighted by atomic mass is 16.5. The van der Waals surface area contributed by atoms with E-state index >= 15 is 0 Å². The van der Waals surface area contributed by atoms with Crippen molar-refractivity contribution in [2.75, 3.05) is 17.7 Å². The standard InChI is InChI=1S/C24H29N5O3/c1-14(2)20(23(30)32-5)28-22-17-11-6-7-12-18(17)26-19(27-22)13-25-24(31)29-21-15(3)9-8-10-16(21)4/h6-12,14,20H,13H2,1-5H3,(H2,25,29,31)(H,26,27,28)/t20-/m0/s1. The van der Waals surface area contributed by atoms with E-state index in [9.17, 15) is 9.59 Å². The number of amides is 2. The zero-order chi connectivity index (χ0) is 23.3. The van der Waals surface area contributed by atoms with E-state index in [1.54, 1.807) is 0 Å². The summed E-state index contributed by atoms with van der Waals surface area (Å²) in [6.07, 6.45) is 0. The number of aryl methyl sites for hydroxylation is 2. The Kier molecular flexibility index (Phi) is 7.25. The van der Waals surface area contributed by atoms with Gasteiger partial charge in [0.2, 0.25) is 0 Å². The minimum atomic E-state index is -0.563. The quantitative estimate of drug-likeness (QED) is 0.481. The third kappa shape index (κ3) is 5.32. The van der Waals surface area contributed by atoms with Crippen LogP contribution in [-0.2, 0) is 16.1 Å². The maximum Gasteiger partial charge on any atom is 0.328 e. The fraction of sp³-hybridized carbons (Fsp3) is 0.333. The van der Waals surface area contributed by atoms with Crippen molar-refractivity contribution >= 4 is 34.4 Å². The Hall–Kier alpha value is -3.68. The molecule has 0 aliphatic heterocycles. The number of esters is 1. The van der Waals surface area contributed by atoms with Crippen LogP contribution in [0.5, 0.6) is 0 Å². The molecule has 8 nitrogen and oxygen atoms in total. The van der Waals surface area contributed by atoms with Gasteiger partial charge < -0.3 is 20.7 Å². The molecule has 3 rings (SSSR count). The van der Waals surface area contributed by atoms with Gasteiger partial charge >= 0.3 is 12.0 Å². The Morgan fingerprint density at radius 3 is 2.34 bits per heavy atom. The van der Waals surface area contributed by atoms with Crippen LogP contribution in [0.2, 0.25) is 0 Å². The molecule has 0 unspecified atom stereocenters. The van der Waals surface area contributed by atoms with Gasteiger partial charge in [-0.15, -0.1) is 0 Å². The van der Waals surface area contributed by atoms with Gasteiger partial charge in [-0.1, -0.05) is 44.2 Å². The van der Waals surface area contributed by atoms with Gasteiger partial charge in [0.15, 0.2) is 5.82 Å². The summed E-state index contributed by atoms with van der Waals surface area (Å²) in [6.45, 7) is 7.87. The van der Waals surface area contributed by atoms with E-state index in [1.807, 2.05) is 70.2 Å². The molecule has 2 amide bonds. The van der Waals surface area contributed by atoms with Crippen molar-refractivity contribution in [1.82, 2.24) is 15.3 Å². The van der Waals surface area contributed by atoms with E-state index in [1.165, 1.54) is 7.11 Å². The molecule has 0 radical (unpaired) electrons. The molecule has 1 aromatic heterocycles. The number of anilines is 2. The lowest BCUT2D eigenvalue weighted by atomic mass is 10.0. The SMILES string of the molecule is COC(=O)[C@@H](Nc1nc(CNC(=O)Nc2c(C)cccc2C)nc2ccccc12)C(C)C. The Morgan fingerprint density at radius 2 is 1.69 bits per heavy atom. The molecule has 2 aromatic carbocycles. The number of fused-ring (bicyclic) bond motifs is 1. The zero-order valence-electron chi connectivity index (χ0n) is 19.0. The third-order valence-electron chi connectivity index (χ3n) is 5.19. The predicted molar refractivity (Wildman–Crippen MR) is 126 cm³/mol. The second-order valence-electron chi connectivity index (χ2n) is 7.97. The molecule has 0 saturated carbocycles. The second-order valence-corrected chi connectivity index (χ2v) is 7.97. The van der Waals surface area contributed by atoms with Gasteiger partial charge in [-0.05, 0) is 43.0 Å². The van der Waals surface area contributed by atoms with E-state index in [4.69, 9.17) is 4.74 Å². The monoisotopic (exact) mass is 435 g/mol. The number of ether oxygens (including phenoxy) is 1. The highest BCUT2D eigenvalue weighted by Crippen LogP contribution is 2.23. The molecular weight excluding hydrogens is 406 g/mol. The smallest absolute Gasteiger partial charge is 0.328 e. The van der Waals surface area contributed by atoms with Crippen LogP contribution in [-0.4, -0.2) is 35.1 Å². The van der Waals surface area contributed by atoms with Gasteiger partial charge in [0.1, 0.15) is 11.9 Å². The number of nitrogens with zero attached hydrogens (tertiary/aromatic N) is 2. The largest absolute Gasteiger partial charge is 0.467 e. The number of hydrogen-bond donors (Lipinski definition) is 3. The lowest BCUT2D eigenvalue weighted by molar-refractivity contribution is -0.142. The lowest BCUT2D eigenvalue weighted by Gasteiger charge is -2.21. The van der Waals surface area contributed by atoms with Crippen molar-refractivity contribution in [2.45, 2.75) is 40.3 Å². The highest BCUT2D eigenvalue weighted by molar-refractivity contribution is 5.92. The number of urea groups is 1. The van der Waals surface area contributed by atoms with Gasteiger partial charge in [0.05, 0.1) is 19.2 Å². The van der Waals surface area contributed by atoms with Crippen LogP contribution in [0.1, 0.15) is 30.8 Å². The Labute approximate surface area is 187 Å². The van der Waals surface area contributed by atoms with Gasteiger partial charge in [-0.3, -0.25) is 0 Å². The average molecular weight is 436 g/mol. The summed E-state index contributed by atoms with van der Waals surface area (Å²) in [4.78, 5) is 33.8. The molecule has 3 N–H and O–H groups in total. The minimum absolute atomic E-state index is 0.0131. The van der Waals surface area contributed by atoms with Gasteiger partial charge in [0.25, 0.3) is 0 Å². The third-order valence-corrected chi connectivity index (χ3v) is 5.19. The van der Waals surface area contributed by atoms with E-state index in [0.29, 0.717) is 17.2 Å². The maximum absolute atomic E-state index is 12.5. The van der Waals surface area contributed by atoms with Crippen LogP contribution in [0, 0.1) is 19.8 Å². The topological polar surface area (TPSA) is 105 Å². The summed E-state index contributed by atoms with van der Waals surface area (Å²) in [7, 11) is 1.36. The molecule has 1 atom stereocenters. The van der Waals surface area contributed by atoms with E-state index in [2.05, 4.69) is 25.9 Å². The second kappa shape index (κ2) is 10.1. The average Bonchev–Trinajstić information content (AvgIpc) is 2.77. The summed E-state index contributed by atoms with van der Waals surface area (Å²) < 4.78 is 4.93. The minimum Gasteiger partial charge on any atom is -0.467 e. The molecule has 0 saturated heterocycles. The van der Waals surface area contributed by atoms with Gasteiger partial charge in [-0.2, -0.15) is 0 Å². The molecule has 0 fully saturated rings. The summed E-state index contributed by atoms with van der Waals surface area (Å²) in [5.41, 5.74) is 3.46. The molecule has 1 heterocycles. The maximum atomic E-state index is 12.5. The first-order valence-corrected chi connectivity index (χ1v) is 10.5. The van der Waals surface area contributed by atoms with Crippen LogP contribution in [0.25, 0.3) is 10.9 Å². The number of hydrogen-bond acceptors (Lipinski definition) is 6. The summed E-state index contributed by atoms with van der Waals surface area (Å²) in [5, 5.41) is 9.68. The van der Waals surface area contributed by atoms with E-state index < -0.39 is 6.04 Å². The first kappa shape index (κ1) is 23.0. The number of nitrogens with one attached hydrogen (secondary N) is 3. The van der Waals surface area contributed by atoms with Crippen molar-refractivity contribution < 1.29 is 14.3 Å². The number of carbonyl (C=O) groups is 2. The molecule has 3 aromatic rings. The molecule has 0 bridgehead atoms. The molecule has 32 heavy (non-hydrogen) atoms. The Morgan fingerprint density at radius 1 is 1.00 bits per heavy atom. The van der Waals surface area contributed by atoms with Crippen molar-refractivity contribution in [3.8, 4) is 0 Å². The zero-order valence-corrected chi connectivity index (χ0v) is 19.0. The van der Waals surface area contributed by atoms with Gasteiger partial charge in [0, 0.05) is 11.1 Å². The summed E-state index contributed by atoms with van der Waals surface area (Å²) in [6, 6.07) is 12.4. The summed E-state index contributed by atoms with van der Waals surface area (Å²) >= 11 is 0. The first-order chi connectivity index (χ1) is 15.3. The molecule has 0 aliphatic rings. The first-order valence-electron chi connectivity index (χ1n) is 10.5. The molecule has 8 heteroatoms. The van der Waals surface area contributed by atoms with Crippen LogP contribution in [0.4, 0.5) is 16.3 Å². The van der Waals surface area contributed by atoms with Crippen LogP contribution in [0.3, 0.4) is 0 Å². The Balaban J connectivity index is 1.81. The lowest BCUT2D eigenvalue weighted by Crippen LogP contribution is -2.36. The number of rotatable bonds is 7. The summed E-state index contributed by atoms with van der Waals surface area (Å²) in [5.74, 6) is 0.568. The van der Waals surface area contributed by atoms with E-state index in [0.717, 1.165) is 22.2 Å². The molecule has 0 spiro atoms. The number of benzene rings is 2. The van der Waals surface area contributed by atoms with Crippen molar-refractivity contribution in [3.05, 3.63) is 59.4 Å². The van der Waals surface area contributed by atoms with Crippen LogP contribution < -0.4 is 16.0 Å². The fourth-order valence-corrected chi connectivity index (χ4v) is 3.41. The van der Waals surface area contributed by atoms with Crippen molar-refractivity contribution in [3.63, 3.8) is 0 Å². The molecular formula is C24H29N5O3. The number of aromatic nitrogens is 2. The number of para-hydroxylation sites is 2. The fourth-order valence-electron chi connectivity index (χ4n) is 3.41. The van der Waals surface area contributed by atoms with Crippen LogP contribution in [0.15, 0.2) is 42.5 Å². The van der Waals surface area contributed by atoms with Crippen LogP contribution >= 0.6 is 0 Å². The van der Waals surface area contributed by atoms with Crippen molar-refractivity contribution in [1.29, 1.82) is 0 Å². The molecule has 168 valence electrons. The normalized spacial score (nSPS) is 11.8. The predicted octanol–water partition coefficient (Wildman–Crippen LogP) is 4.18. The van der Waals surface area contributed by atoms with Crippen molar-refractivity contribution in [2.24, 2.45) is 5.92 Å². The molecule has 0 aliphatic carbocycles. The number of carbonyl (C=O) groups excluding carboxylic acids is 2. The highest BCUT2D eigenvalue weighted by Gasteiger charge is 2.24. The van der Waals surface area contributed by atoms with E-state index in [-0.39, 0.29) is 24.5 Å². The van der Waals surface area contributed by atoms with Gasteiger partial charge in [-0.25, -0.2) is 19.6 Å². The Bertz CT molecular complexity index is 1110.